The van der Waals surface area contributed by atoms with E-state index < -0.39 is 30.0 Å². The number of aromatic nitrogens is 1. The van der Waals surface area contributed by atoms with Crippen LogP contribution in [0.4, 0.5) is 9.18 Å². The number of thiazole rings is 1. The fraction of sp³-hybridized carbons (Fsp3) is 0.579. The summed E-state index contributed by atoms with van der Waals surface area (Å²) < 4.78 is 20.4. The predicted octanol–water partition coefficient (Wildman–Crippen LogP) is 4.46. The third kappa shape index (κ3) is 4.32. The minimum absolute atomic E-state index is 0.217. The summed E-state index contributed by atoms with van der Waals surface area (Å²) in [6, 6.07) is 5.21. The molecule has 1 aromatic carbocycles. The lowest BCUT2D eigenvalue weighted by molar-refractivity contribution is -0.00656. The van der Waals surface area contributed by atoms with Gasteiger partial charge in [0.05, 0.1) is 21.8 Å². The second kappa shape index (κ2) is 7.48. The smallest absolute Gasteiger partial charge is 0.410 e. The number of hydrogen-bond donors (Lipinski definition) is 1. The van der Waals surface area contributed by atoms with Crippen molar-refractivity contribution in [3.63, 3.8) is 0 Å². The molecule has 2 heterocycles. The summed E-state index contributed by atoms with van der Waals surface area (Å²) in [5.41, 5.74) is 2.74. The van der Waals surface area contributed by atoms with Crippen molar-refractivity contribution >= 4 is 27.6 Å². The number of carbonyl (C=O) groups is 1. The van der Waals surface area contributed by atoms with Gasteiger partial charge < -0.3 is 14.7 Å². The third-order valence-corrected chi connectivity index (χ3v) is 5.41. The number of alkyl halides is 1. The lowest BCUT2D eigenvalue weighted by Gasteiger charge is -2.38. The van der Waals surface area contributed by atoms with Crippen LogP contribution >= 0.6 is 11.3 Å². The van der Waals surface area contributed by atoms with Gasteiger partial charge in [-0.3, -0.25) is 0 Å². The molecular weight excluding hydrogens is 355 g/mol. The number of fused-ring (bicyclic) bond motifs is 1. The van der Waals surface area contributed by atoms with E-state index in [0.717, 1.165) is 15.8 Å². The highest BCUT2D eigenvalue weighted by Gasteiger charge is 2.35. The Kier molecular flexibility index (Phi) is 5.48. The molecule has 0 aliphatic carbocycles. The molecule has 0 radical (unpaired) electrons. The molecule has 142 valence electrons. The summed E-state index contributed by atoms with van der Waals surface area (Å²) in [4.78, 5) is 18.3. The van der Waals surface area contributed by atoms with E-state index in [1.807, 2.05) is 18.2 Å². The van der Waals surface area contributed by atoms with Gasteiger partial charge in [-0.25, -0.2) is 14.2 Å². The minimum Gasteiger partial charge on any atom is -0.444 e. The molecule has 2 aromatic rings. The lowest BCUT2D eigenvalue weighted by atomic mass is 9.93. The maximum Gasteiger partial charge on any atom is 0.410 e. The van der Waals surface area contributed by atoms with Crippen molar-refractivity contribution in [2.24, 2.45) is 0 Å². The van der Waals surface area contributed by atoms with Crippen LogP contribution in [0.25, 0.3) is 10.2 Å². The van der Waals surface area contributed by atoms with Gasteiger partial charge in [-0.1, -0.05) is 12.1 Å². The number of carbonyl (C=O) groups excluding carboxylic acids is 1. The number of aliphatic hydroxyl groups excluding tert-OH is 1. The molecule has 7 heteroatoms. The van der Waals surface area contributed by atoms with Gasteiger partial charge in [-0.2, -0.15) is 0 Å². The molecule has 26 heavy (non-hydrogen) atoms. The van der Waals surface area contributed by atoms with E-state index in [9.17, 15) is 14.3 Å². The molecule has 1 aromatic heterocycles. The van der Waals surface area contributed by atoms with Crippen molar-refractivity contribution < 1.29 is 19.0 Å². The van der Waals surface area contributed by atoms with Crippen LogP contribution < -0.4 is 0 Å². The SMILES string of the molecule is CC(C)(C)OC(=O)N1CC[C@@H](F)C[C@@H]1C[C@@H](O)c1cccc2ncsc12. The standard InChI is InChI=1S/C19H25FN2O3S/c1-19(2,3)25-18(24)22-8-7-12(20)9-13(22)10-16(23)14-5-4-6-15-17(14)26-11-21-15/h4-6,11-13,16,23H,7-10H2,1-3H3/t12-,13-,16-/m1/s1. The van der Waals surface area contributed by atoms with Crippen molar-refractivity contribution in [3.8, 4) is 0 Å². The first kappa shape index (κ1) is 19.0. The van der Waals surface area contributed by atoms with Gasteiger partial charge in [-0.15, -0.1) is 11.3 Å². The van der Waals surface area contributed by atoms with Gasteiger partial charge >= 0.3 is 6.09 Å². The van der Waals surface area contributed by atoms with Gasteiger partial charge in [-0.05, 0) is 46.1 Å². The second-order valence-corrected chi connectivity index (χ2v) is 8.60. The topological polar surface area (TPSA) is 62.7 Å². The highest BCUT2D eigenvalue weighted by molar-refractivity contribution is 7.16. The summed E-state index contributed by atoms with van der Waals surface area (Å²) in [7, 11) is 0. The average molecular weight is 380 g/mol. The number of rotatable bonds is 3. The maximum absolute atomic E-state index is 14.0. The molecule has 0 bridgehead atoms. The van der Waals surface area contributed by atoms with Crippen molar-refractivity contribution in [1.29, 1.82) is 0 Å². The van der Waals surface area contributed by atoms with Crippen LogP contribution in [0, 0.1) is 0 Å². The number of benzene rings is 1. The fourth-order valence-corrected chi connectivity index (χ4v) is 4.19. The Morgan fingerprint density at radius 1 is 1.50 bits per heavy atom. The number of aliphatic hydroxyl groups is 1. The molecule has 0 saturated carbocycles. The Balaban J connectivity index is 1.78. The monoisotopic (exact) mass is 380 g/mol. The Morgan fingerprint density at radius 3 is 3.00 bits per heavy atom. The Hall–Kier alpha value is -1.73. The molecule has 3 rings (SSSR count). The summed E-state index contributed by atoms with van der Waals surface area (Å²) in [5.74, 6) is 0. The van der Waals surface area contributed by atoms with Crippen LogP contribution in [0.2, 0.25) is 0 Å². The number of ether oxygens (including phenoxy) is 1. The van der Waals surface area contributed by atoms with E-state index in [1.165, 1.54) is 11.3 Å². The van der Waals surface area contributed by atoms with Gasteiger partial charge in [0, 0.05) is 18.2 Å². The van der Waals surface area contributed by atoms with E-state index >= 15 is 0 Å². The van der Waals surface area contributed by atoms with E-state index in [2.05, 4.69) is 4.98 Å². The number of halogens is 1. The van der Waals surface area contributed by atoms with Crippen LogP contribution in [0.3, 0.4) is 0 Å². The Bertz CT molecular complexity index is 773. The zero-order valence-corrected chi connectivity index (χ0v) is 16.1. The van der Waals surface area contributed by atoms with Gasteiger partial charge in [0.25, 0.3) is 0 Å². The number of piperidine rings is 1. The molecule has 0 unspecified atom stereocenters. The van der Waals surface area contributed by atoms with Crippen LogP contribution in [-0.4, -0.2) is 45.4 Å². The molecule has 1 amide bonds. The fourth-order valence-electron chi connectivity index (χ4n) is 3.34. The molecule has 1 N–H and O–H groups in total. The van der Waals surface area contributed by atoms with Crippen LogP contribution in [0.15, 0.2) is 23.7 Å². The summed E-state index contributed by atoms with van der Waals surface area (Å²) in [6.45, 7) is 5.72. The minimum atomic E-state index is -0.968. The highest BCUT2D eigenvalue weighted by Crippen LogP contribution is 2.33. The molecule has 5 nitrogen and oxygen atoms in total. The molecule has 1 aliphatic rings. The Labute approximate surface area is 156 Å². The number of nitrogens with zero attached hydrogens (tertiary/aromatic N) is 2. The molecular formula is C19H25FN2O3S. The first-order valence-corrected chi connectivity index (χ1v) is 9.76. The van der Waals surface area contributed by atoms with Gasteiger partial charge in [0.15, 0.2) is 0 Å². The van der Waals surface area contributed by atoms with Gasteiger partial charge in [0.2, 0.25) is 0 Å². The van der Waals surface area contributed by atoms with Crippen molar-refractivity contribution in [2.75, 3.05) is 6.54 Å². The van der Waals surface area contributed by atoms with E-state index in [4.69, 9.17) is 4.74 Å². The van der Waals surface area contributed by atoms with Crippen molar-refractivity contribution in [3.05, 3.63) is 29.3 Å². The molecule has 1 aliphatic heterocycles. The molecule has 0 spiro atoms. The van der Waals surface area contributed by atoms with Crippen molar-refractivity contribution in [2.45, 2.75) is 64.0 Å². The van der Waals surface area contributed by atoms with Crippen LogP contribution in [0.1, 0.15) is 51.7 Å². The van der Waals surface area contributed by atoms with Crippen LogP contribution in [0.5, 0.6) is 0 Å². The third-order valence-electron chi connectivity index (χ3n) is 4.52. The molecule has 1 saturated heterocycles. The number of amides is 1. The Morgan fingerprint density at radius 2 is 2.27 bits per heavy atom. The normalized spacial score (nSPS) is 22.4. The zero-order valence-electron chi connectivity index (χ0n) is 15.3. The van der Waals surface area contributed by atoms with Gasteiger partial charge in [0.1, 0.15) is 11.8 Å². The highest BCUT2D eigenvalue weighted by atomic mass is 32.1. The molecule has 1 fully saturated rings. The number of likely N-dealkylation sites (tertiary alicyclic amines) is 1. The van der Waals surface area contributed by atoms with E-state index in [0.29, 0.717) is 13.0 Å². The second-order valence-electron chi connectivity index (χ2n) is 7.75. The van der Waals surface area contributed by atoms with Crippen LogP contribution in [-0.2, 0) is 4.74 Å². The first-order chi connectivity index (χ1) is 12.2. The molecule has 3 atom stereocenters. The predicted molar refractivity (Wildman–Crippen MR) is 100 cm³/mol. The largest absolute Gasteiger partial charge is 0.444 e. The summed E-state index contributed by atoms with van der Waals surface area (Å²) in [5, 5.41) is 10.8. The summed E-state index contributed by atoms with van der Waals surface area (Å²) in [6.07, 6.45) is -1.41. The quantitative estimate of drug-likeness (QED) is 0.854. The maximum atomic E-state index is 14.0. The zero-order chi connectivity index (χ0) is 18.9. The van der Waals surface area contributed by atoms with E-state index in [1.54, 1.807) is 31.2 Å². The first-order valence-electron chi connectivity index (χ1n) is 8.88. The average Bonchev–Trinajstić information content (AvgIpc) is 3.01. The summed E-state index contributed by atoms with van der Waals surface area (Å²) >= 11 is 1.47. The number of hydrogen-bond acceptors (Lipinski definition) is 5. The van der Waals surface area contributed by atoms with E-state index in [-0.39, 0.29) is 12.8 Å². The lowest BCUT2D eigenvalue weighted by Crippen LogP contribution is -2.49. The van der Waals surface area contributed by atoms with Crippen molar-refractivity contribution in [1.82, 2.24) is 9.88 Å².